The normalized spacial score (nSPS) is 9.42. The van der Waals surface area contributed by atoms with Crippen LogP contribution in [0.5, 0.6) is 0 Å². The van der Waals surface area contributed by atoms with Crippen molar-refractivity contribution < 1.29 is 14.7 Å². The third-order valence-electron chi connectivity index (χ3n) is 2.45. The third kappa shape index (κ3) is 4.73. The van der Waals surface area contributed by atoms with Gasteiger partial charge in [-0.1, -0.05) is 11.8 Å². The number of hydrogen-bond acceptors (Lipinski definition) is 4. The van der Waals surface area contributed by atoms with Crippen LogP contribution in [0.2, 0.25) is 0 Å². The standard InChI is InChI=1S/C13H16N2O3S/c1-3-15(2)12(17)8-14-13(18)10-7-11(19-9-10)5-4-6-16/h7,9,16H,3,6,8H2,1-2H3,(H,14,18). The maximum absolute atomic E-state index is 11.8. The Balaban J connectivity index is 2.54. The van der Waals surface area contributed by atoms with E-state index in [4.69, 9.17) is 5.11 Å². The number of carbonyl (C=O) groups excluding carboxylic acids is 2. The first kappa shape index (κ1) is 15.2. The number of hydrogen-bond donors (Lipinski definition) is 2. The molecule has 1 aromatic heterocycles. The Bertz CT molecular complexity index is 513. The Morgan fingerprint density at radius 2 is 2.26 bits per heavy atom. The molecule has 2 amide bonds. The molecular formula is C13H16N2O3S. The molecule has 0 aliphatic rings. The molecule has 5 nitrogen and oxygen atoms in total. The van der Waals surface area contributed by atoms with Crippen molar-refractivity contribution in [3.05, 3.63) is 21.9 Å². The van der Waals surface area contributed by atoms with E-state index in [2.05, 4.69) is 17.2 Å². The van der Waals surface area contributed by atoms with Crippen LogP contribution in [-0.2, 0) is 4.79 Å². The van der Waals surface area contributed by atoms with Gasteiger partial charge in [-0.15, -0.1) is 11.3 Å². The number of thiophene rings is 1. The molecule has 1 heterocycles. The number of nitrogens with zero attached hydrogens (tertiary/aromatic N) is 1. The summed E-state index contributed by atoms with van der Waals surface area (Å²) in [7, 11) is 1.68. The summed E-state index contributed by atoms with van der Waals surface area (Å²) in [5.41, 5.74) is 0.471. The first-order valence-corrected chi connectivity index (χ1v) is 6.66. The molecule has 19 heavy (non-hydrogen) atoms. The van der Waals surface area contributed by atoms with E-state index in [1.54, 1.807) is 18.5 Å². The van der Waals surface area contributed by atoms with Crippen LogP contribution in [0.25, 0.3) is 0 Å². The highest BCUT2D eigenvalue weighted by Crippen LogP contribution is 2.13. The fourth-order valence-corrected chi connectivity index (χ4v) is 1.97. The smallest absolute Gasteiger partial charge is 0.252 e. The zero-order chi connectivity index (χ0) is 14.3. The minimum Gasteiger partial charge on any atom is -0.384 e. The van der Waals surface area contributed by atoms with Gasteiger partial charge >= 0.3 is 0 Å². The average Bonchev–Trinajstić information content (AvgIpc) is 2.89. The summed E-state index contributed by atoms with van der Waals surface area (Å²) in [5.74, 6) is 4.81. The van der Waals surface area contributed by atoms with Crippen LogP contribution in [0, 0.1) is 11.8 Å². The SMILES string of the molecule is CCN(C)C(=O)CNC(=O)c1csc(C#CCO)c1. The zero-order valence-electron chi connectivity index (χ0n) is 10.9. The van der Waals surface area contributed by atoms with Crippen LogP contribution < -0.4 is 5.32 Å². The van der Waals surface area contributed by atoms with Crippen LogP contribution in [0.3, 0.4) is 0 Å². The van der Waals surface area contributed by atoms with Gasteiger partial charge in [0.25, 0.3) is 5.91 Å². The summed E-state index contributed by atoms with van der Waals surface area (Å²) in [6.07, 6.45) is 0. The summed E-state index contributed by atoms with van der Waals surface area (Å²) in [4.78, 5) is 25.5. The van der Waals surface area contributed by atoms with Crippen molar-refractivity contribution in [3.8, 4) is 11.8 Å². The molecule has 0 saturated carbocycles. The average molecular weight is 280 g/mol. The van der Waals surface area contributed by atoms with Gasteiger partial charge in [0.1, 0.15) is 6.61 Å². The number of aliphatic hydroxyl groups excluding tert-OH is 1. The molecule has 0 aromatic carbocycles. The zero-order valence-corrected chi connectivity index (χ0v) is 11.7. The quantitative estimate of drug-likeness (QED) is 0.779. The van der Waals surface area contributed by atoms with Crippen LogP contribution in [0.4, 0.5) is 0 Å². The summed E-state index contributed by atoms with van der Waals surface area (Å²) in [6, 6.07) is 1.64. The van der Waals surface area contributed by atoms with Crippen molar-refractivity contribution in [1.82, 2.24) is 10.2 Å². The topological polar surface area (TPSA) is 69.6 Å². The lowest BCUT2D eigenvalue weighted by molar-refractivity contribution is -0.128. The van der Waals surface area contributed by atoms with Gasteiger partial charge in [0, 0.05) is 19.0 Å². The maximum atomic E-state index is 11.8. The molecule has 0 aliphatic heterocycles. The van der Waals surface area contributed by atoms with Gasteiger partial charge in [-0.2, -0.15) is 0 Å². The van der Waals surface area contributed by atoms with Gasteiger partial charge < -0.3 is 15.3 Å². The first-order chi connectivity index (χ1) is 9.08. The van der Waals surface area contributed by atoms with E-state index in [0.29, 0.717) is 17.0 Å². The summed E-state index contributed by atoms with van der Waals surface area (Å²) in [6.45, 7) is 2.24. The molecule has 0 bridgehead atoms. The fourth-order valence-electron chi connectivity index (χ4n) is 1.22. The maximum Gasteiger partial charge on any atom is 0.252 e. The van der Waals surface area contributed by atoms with E-state index in [1.165, 1.54) is 16.2 Å². The van der Waals surface area contributed by atoms with Gasteiger partial charge in [-0.3, -0.25) is 9.59 Å². The van der Waals surface area contributed by atoms with E-state index >= 15 is 0 Å². The van der Waals surface area contributed by atoms with E-state index in [-0.39, 0.29) is 25.0 Å². The molecule has 0 unspecified atom stereocenters. The Hall–Kier alpha value is -1.84. The van der Waals surface area contributed by atoms with Crippen molar-refractivity contribution >= 4 is 23.2 Å². The van der Waals surface area contributed by atoms with Gasteiger partial charge in [0.2, 0.25) is 5.91 Å². The summed E-state index contributed by atoms with van der Waals surface area (Å²) < 4.78 is 0. The summed E-state index contributed by atoms with van der Waals surface area (Å²) in [5, 5.41) is 12.8. The van der Waals surface area contributed by atoms with Crippen molar-refractivity contribution in [2.75, 3.05) is 26.7 Å². The van der Waals surface area contributed by atoms with Crippen molar-refractivity contribution in [2.24, 2.45) is 0 Å². The number of rotatable bonds is 4. The molecule has 0 fully saturated rings. The molecule has 0 radical (unpaired) electrons. The molecule has 0 aliphatic carbocycles. The lowest BCUT2D eigenvalue weighted by Crippen LogP contribution is -2.37. The second-order valence-electron chi connectivity index (χ2n) is 3.75. The minimum absolute atomic E-state index is 0.0172. The van der Waals surface area contributed by atoms with Gasteiger partial charge in [-0.25, -0.2) is 0 Å². The highest BCUT2D eigenvalue weighted by molar-refractivity contribution is 7.10. The number of amides is 2. The fraction of sp³-hybridized carbons (Fsp3) is 0.385. The van der Waals surface area contributed by atoms with E-state index in [1.807, 2.05) is 6.92 Å². The highest BCUT2D eigenvalue weighted by Gasteiger charge is 2.11. The predicted molar refractivity (Wildman–Crippen MR) is 73.9 cm³/mol. The molecule has 102 valence electrons. The molecule has 1 rings (SSSR count). The Morgan fingerprint density at radius 3 is 2.89 bits per heavy atom. The highest BCUT2D eigenvalue weighted by atomic mass is 32.1. The van der Waals surface area contributed by atoms with Gasteiger partial charge in [0.15, 0.2) is 0 Å². The van der Waals surface area contributed by atoms with Gasteiger partial charge in [0.05, 0.1) is 17.0 Å². The number of likely N-dealkylation sites (N-methyl/N-ethyl adjacent to an activating group) is 1. The van der Waals surface area contributed by atoms with Crippen molar-refractivity contribution in [1.29, 1.82) is 0 Å². The van der Waals surface area contributed by atoms with Gasteiger partial charge in [-0.05, 0) is 13.0 Å². The second-order valence-corrected chi connectivity index (χ2v) is 4.66. The Morgan fingerprint density at radius 1 is 1.53 bits per heavy atom. The summed E-state index contributed by atoms with van der Waals surface area (Å²) >= 11 is 1.32. The molecule has 1 aromatic rings. The predicted octanol–water partition coefficient (Wildman–Crippen LogP) is 0.300. The largest absolute Gasteiger partial charge is 0.384 e. The van der Waals surface area contributed by atoms with Crippen molar-refractivity contribution in [2.45, 2.75) is 6.92 Å². The molecule has 0 spiro atoms. The third-order valence-corrected chi connectivity index (χ3v) is 3.30. The van der Waals surface area contributed by atoms with Crippen LogP contribution in [0.1, 0.15) is 22.2 Å². The molecule has 2 N–H and O–H groups in total. The molecule has 0 saturated heterocycles. The second kappa shape index (κ2) is 7.56. The number of nitrogens with one attached hydrogen (secondary N) is 1. The molecule has 6 heteroatoms. The van der Waals surface area contributed by atoms with Crippen molar-refractivity contribution in [3.63, 3.8) is 0 Å². The lowest BCUT2D eigenvalue weighted by atomic mass is 10.3. The first-order valence-electron chi connectivity index (χ1n) is 5.79. The minimum atomic E-state index is -0.300. The van der Waals surface area contributed by atoms with E-state index < -0.39 is 0 Å². The number of carbonyl (C=O) groups is 2. The van der Waals surface area contributed by atoms with Crippen LogP contribution in [0.15, 0.2) is 11.4 Å². The lowest BCUT2D eigenvalue weighted by Gasteiger charge is -2.14. The van der Waals surface area contributed by atoms with E-state index in [0.717, 1.165) is 0 Å². The molecule has 0 atom stereocenters. The molecular weight excluding hydrogens is 264 g/mol. The number of aliphatic hydroxyl groups is 1. The Labute approximate surface area is 116 Å². The Kier molecular flexibility index (Phi) is 6.06. The van der Waals surface area contributed by atoms with E-state index in [9.17, 15) is 9.59 Å². The monoisotopic (exact) mass is 280 g/mol. The van der Waals surface area contributed by atoms with Crippen LogP contribution in [-0.4, -0.2) is 48.6 Å². The van der Waals surface area contributed by atoms with Crippen LogP contribution >= 0.6 is 11.3 Å².